The van der Waals surface area contributed by atoms with Gasteiger partial charge in [0.1, 0.15) is 28.9 Å². The number of hydrogen-bond acceptors (Lipinski definition) is 8. The van der Waals surface area contributed by atoms with Crippen molar-refractivity contribution in [2.75, 3.05) is 19.6 Å². The number of fused-ring (bicyclic) bond motifs is 1. The molecule has 1 aromatic carbocycles. The highest BCUT2D eigenvalue weighted by Gasteiger charge is 2.38. The van der Waals surface area contributed by atoms with Crippen LogP contribution in [0.3, 0.4) is 0 Å². The molecule has 0 radical (unpaired) electrons. The van der Waals surface area contributed by atoms with Crippen molar-refractivity contribution in [1.82, 2.24) is 25.1 Å². The van der Waals surface area contributed by atoms with Gasteiger partial charge < -0.3 is 19.8 Å². The van der Waals surface area contributed by atoms with Gasteiger partial charge in [0.25, 0.3) is 0 Å². The third kappa shape index (κ3) is 7.19. The van der Waals surface area contributed by atoms with Gasteiger partial charge in [0, 0.05) is 29.4 Å². The lowest BCUT2D eigenvalue weighted by molar-refractivity contribution is 0.0216. The van der Waals surface area contributed by atoms with E-state index in [9.17, 15) is 9.59 Å². The summed E-state index contributed by atoms with van der Waals surface area (Å²) < 4.78 is 11.3. The van der Waals surface area contributed by atoms with E-state index < -0.39 is 11.2 Å². The second-order valence-electron chi connectivity index (χ2n) is 14.0. The number of imidazole rings is 1. The Morgan fingerprint density at radius 3 is 2.27 bits per heavy atom. The molecule has 5 heterocycles. The zero-order valence-corrected chi connectivity index (χ0v) is 27.9. The van der Waals surface area contributed by atoms with Crippen LogP contribution in [0.4, 0.5) is 9.59 Å². The average Bonchev–Trinajstić information content (AvgIpc) is 3.78. The van der Waals surface area contributed by atoms with Crippen molar-refractivity contribution in [2.45, 2.75) is 96.6 Å². The van der Waals surface area contributed by atoms with Crippen LogP contribution in [0.5, 0.6) is 0 Å². The van der Waals surface area contributed by atoms with E-state index in [4.69, 9.17) is 19.5 Å². The fourth-order valence-corrected chi connectivity index (χ4v) is 7.08. The number of ether oxygens (including phenoxy) is 2. The average molecular weight is 633 g/mol. The number of H-pyrrole nitrogens is 1. The number of likely N-dealkylation sites (tertiary alicyclic amines) is 2. The summed E-state index contributed by atoms with van der Waals surface area (Å²) in [5, 5.41) is 3.47. The molecule has 0 saturated carbocycles. The summed E-state index contributed by atoms with van der Waals surface area (Å²) in [7, 11) is 0. The molecule has 2 aromatic heterocycles. The van der Waals surface area contributed by atoms with E-state index in [1.165, 1.54) is 4.88 Å². The molecule has 3 aromatic rings. The summed E-state index contributed by atoms with van der Waals surface area (Å²) >= 11 is 1.73. The van der Waals surface area contributed by atoms with Gasteiger partial charge in [-0.2, -0.15) is 0 Å². The maximum atomic E-state index is 12.8. The highest BCUT2D eigenvalue weighted by Crippen LogP contribution is 2.34. The van der Waals surface area contributed by atoms with Gasteiger partial charge >= 0.3 is 12.2 Å². The number of rotatable bonds is 5. The van der Waals surface area contributed by atoms with Crippen LogP contribution in [0.1, 0.15) is 100 Å². The summed E-state index contributed by atoms with van der Waals surface area (Å²) in [6, 6.07) is 10.3. The number of nitrogens with zero attached hydrogens (tertiary/aromatic N) is 4. The number of hydrogen-bond donors (Lipinski definition) is 2. The van der Waals surface area contributed by atoms with Gasteiger partial charge in [-0.3, -0.25) is 14.8 Å². The molecule has 3 atom stereocenters. The second-order valence-corrected chi connectivity index (χ2v) is 15.2. The molecule has 1 unspecified atom stereocenters. The van der Waals surface area contributed by atoms with Gasteiger partial charge in [0.15, 0.2) is 0 Å². The first kappa shape index (κ1) is 31.1. The highest BCUT2D eigenvalue weighted by molar-refractivity contribution is 7.13. The number of aliphatic imine (C=N–C) groups is 1. The molecule has 3 aliphatic rings. The number of thiophene rings is 1. The number of carbonyl (C=O) groups excluding carboxylic acids is 2. The molecule has 0 aliphatic carbocycles. The van der Waals surface area contributed by atoms with Crippen LogP contribution in [0.2, 0.25) is 0 Å². The molecule has 45 heavy (non-hydrogen) atoms. The zero-order chi connectivity index (χ0) is 31.9. The van der Waals surface area contributed by atoms with E-state index in [1.807, 2.05) is 52.5 Å². The Morgan fingerprint density at radius 1 is 0.911 bits per heavy atom. The molecule has 11 heteroatoms. The minimum absolute atomic E-state index is 0.0305. The van der Waals surface area contributed by atoms with Crippen molar-refractivity contribution in [3.05, 3.63) is 51.5 Å². The Kier molecular flexibility index (Phi) is 8.41. The highest BCUT2D eigenvalue weighted by atomic mass is 32.1. The number of amidine groups is 1. The molecule has 240 valence electrons. The molecule has 0 spiro atoms. The molecule has 2 fully saturated rings. The largest absolute Gasteiger partial charge is 0.444 e. The standard InChI is InChI=1S/C34H44N6O4S/c1-33(2,3)43-31(41)39-17-7-9-26(39)29-35-20-25(38-29)28-16-14-22(45-28)13-11-21-12-15-23-24(19-21)37-30(36-23)27-10-8-18-40(27)32(42)44-34(4,5)6/h11-16,19,25-27H,7-10,17-18,20H2,1-6H3,(H,35,38)(H,36,37)/t25?,26-,27-/m0/s1. The van der Waals surface area contributed by atoms with Crippen LogP contribution < -0.4 is 5.32 Å². The van der Waals surface area contributed by atoms with Gasteiger partial charge in [-0.15, -0.1) is 11.3 Å². The van der Waals surface area contributed by atoms with E-state index in [0.29, 0.717) is 13.1 Å². The number of aromatic nitrogens is 2. The first-order chi connectivity index (χ1) is 21.3. The van der Waals surface area contributed by atoms with E-state index in [1.54, 1.807) is 16.2 Å². The van der Waals surface area contributed by atoms with Crippen LogP contribution in [0.25, 0.3) is 23.2 Å². The number of nitrogens with one attached hydrogen (secondary N) is 2. The summed E-state index contributed by atoms with van der Waals surface area (Å²) in [5.74, 6) is 1.68. The molecule has 6 rings (SSSR count). The molecule has 0 bridgehead atoms. The molecule has 10 nitrogen and oxygen atoms in total. The number of benzene rings is 1. The van der Waals surface area contributed by atoms with Crippen molar-refractivity contribution in [2.24, 2.45) is 4.99 Å². The van der Waals surface area contributed by atoms with Crippen LogP contribution in [0.15, 0.2) is 35.3 Å². The van der Waals surface area contributed by atoms with Crippen molar-refractivity contribution >= 4 is 52.5 Å². The quantitative estimate of drug-likeness (QED) is 0.305. The van der Waals surface area contributed by atoms with Gasteiger partial charge in [-0.25, -0.2) is 14.6 Å². The Morgan fingerprint density at radius 2 is 1.58 bits per heavy atom. The van der Waals surface area contributed by atoms with E-state index in [0.717, 1.165) is 65.4 Å². The Hall–Kier alpha value is -3.86. The third-order valence-electron chi connectivity index (χ3n) is 8.11. The first-order valence-corrected chi connectivity index (χ1v) is 16.7. The first-order valence-electron chi connectivity index (χ1n) is 15.9. The van der Waals surface area contributed by atoms with E-state index >= 15 is 0 Å². The van der Waals surface area contributed by atoms with E-state index in [2.05, 4.69) is 46.7 Å². The van der Waals surface area contributed by atoms with Gasteiger partial charge in [-0.05, 0) is 103 Å². The van der Waals surface area contributed by atoms with Crippen molar-refractivity contribution < 1.29 is 19.1 Å². The number of carbonyl (C=O) groups is 2. The minimum atomic E-state index is -0.534. The molecular weight excluding hydrogens is 588 g/mol. The topological polar surface area (TPSA) is 112 Å². The Labute approximate surface area is 268 Å². The second kappa shape index (κ2) is 12.2. The smallest absolute Gasteiger partial charge is 0.410 e. The molecule has 2 saturated heterocycles. The Bertz CT molecular complexity index is 1630. The third-order valence-corrected chi connectivity index (χ3v) is 9.26. The van der Waals surface area contributed by atoms with Crippen molar-refractivity contribution in [1.29, 1.82) is 0 Å². The SMILES string of the molecule is CC(C)(C)OC(=O)N1CCC[C@H]1C1=NC(c2ccc(C=Cc3ccc4[nH]c([C@@H]5CCCN5C(=O)OC(C)(C)C)nc4c3)s2)CN1. The fourth-order valence-electron chi connectivity index (χ4n) is 6.13. The van der Waals surface area contributed by atoms with Crippen molar-refractivity contribution in [3.8, 4) is 0 Å². The molecule has 2 N–H and O–H groups in total. The lowest BCUT2D eigenvalue weighted by Gasteiger charge is -2.28. The van der Waals surface area contributed by atoms with Gasteiger partial charge in [0.2, 0.25) is 0 Å². The summed E-state index contributed by atoms with van der Waals surface area (Å²) in [4.78, 5) is 44.8. The summed E-state index contributed by atoms with van der Waals surface area (Å²) in [5.41, 5.74) is 1.82. The number of amides is 2. The van der Waals surface area contributed by atoms with Crippen LogP contribution >= 0.6 is 11.3 Å². The Balaban J connectivity index is 1.11. The maximum Gasteiger partial charge on any atom is 0.410 e. The lowest BCUT2D eigenvalue weighted by Crippen LogP contribution is -2.46. The minimum Gasteiger partial charge on any atom is -0.444 e. The summed E-state index contributed by atoms with van der Waals surface area (Å²) in [6.45, 7) is 13.4. The van der Waals surface area contributed by atoms with Crippen LogP contribution in [-0.4, -0.2) is 74.7 Å². The summed E-state index contributed by atoms with van der Waals surface area (Å²) in [6.07, 6.45) is 7.28. The number of aromatic amines is 1. The van der Waals surface area contributed by atoms with Crippen molar-refractivity contribution in [3.63, 3.8) is 0 Å². The zero-order valence-electron chi connectivity index (χ0n) is 27.1. The van der Waals surface area contributed by atoms with E-state index in [-0.39, 0.29) is 30.3 Å². The lowest BCUT2D eigenvalue weighted by atomic mass is 10.2. The predicted molar refractivity (Wildman–Crippen MR) is 178 cm³/mol. The normalized spacial score (nSPS) is 22.4. The molecular formula is C34H44N6O4S. The molecule has 2 amide bonds. The van der Waals surface area contributed by atoms with Gasteiger partial charge in [0.05, 0.1) is 23.1 Å². The monoisotopic (exact) mass is 632 g/mol. The van der Waals surface area contributed by atoms with Crippen LogP contribution in [0, 0.1) is 0 Å². The maximum absolute atomic E-state index is 12.8. The predicted octanol–water partition coefficient (Wildman–Crippen LogP) is 7.31. The van der Waals surface area contributed by atoms with Crippen LogP contribution in [-0.2, 0) is 9.47 Å². The molecule has 3 aliphatic heterocycles. The van der Waals surface area contributed by atoms with Gasteiger partial charge in [-0.1, -0.05) is 12.1 Å². The fraction of sp³-hybridized carbons (Fsp3) is 0.529.